The monoisotopic (exact) mass is 253 g/mol. The van der Waals surface area contributed by atoms with E-state index in [1.54, 1.807) is 7.11 Å². The molecule has 19 heavy (non-hydrogen) atoms. The quantitative estimate of drug-likeness (QED) is 0.803. The Morgan fingerprint density at radius 2 is 1.84 bits per heavy atom. The van der Waals surface area contributed by atoms with Crippen molar-refractivity contribution in [2.75, 3.05) is 7.11 Å². The number of methoxy groups -OCH3 is 1. The van der Waals surface area contributed by atoms with Gasteiger partial charge in [0.25, 0.3) is 0 Å². The lowest BCUT2D eigenvalue weighted by atomic mass is 9.93. The maximum atomic E-state index is 5.71. The van der Waals surface area contributed by atoms with Crippen molar-refractivity contribution in [3.05, 3.63) is 53.6 Å². The summed E-state index contributed by atoms with van der Waals surface area (Å²) in [5.41, 5.74) is 6.07. The Morgan fingerprint density at radius 3 is 2.53 bits per heavy atom. The summed E-state index contributed by atoms with van der Waals surface area (Å²) in [5.74, 6) is 1.86. The number of ether oxygens (including phenoxy) is 2. The van der Waals surface area contributed by atoms with E-state index in [9.17, 15) is 0 Å². The molecule has 0 N–H and O–H groups in total. The van der Waals surface area contributed by atoms with Gasteiger partial charge in [0.15, 0.2) is 0 Å². The molecule has 0 fully saturated rings. The molecule has 0 bridgehead atoms. The Bertz CT molecular complexity index is 609. The Labute approximate surface area is 114 Å². The van der Waals surface area contributed by atoms with Gasteiger partial charge in [0.1, 0.15) is 18.1 Å². The summed E-state index contributed by atoms with van der Waals surface area (Å²) >= 11 is 0. The lowest BCUT2D eigenvalue weighted by molar-refractivity contribution is 0.413. The molecule has 0 spiro atoms. The van der Waals surface area contributed by atoms with E-state index in [0.717, 1.165) is 23.5 Å². The number of rotatable bonds is 2. The molecular formula is C17H17O2. The fourth-order valence-corrected chi connectivity index (χ4v) is 2.71. The van der Waals surface area contributed by atoms with E-state index < -0.39 is 0 Å². The second kappa shape index (κ2) is 4.61. The Morgan fingerprint density at radius 1 is 1.11 bits per heavy atom. The van der Waals surface area contributed by atoms with Crippen LogP contribution in [0.25, 0.3) is 11.1 Å². The van der Waals surface area contributed by atoms with Crippen molar-refractivity contribution in [2.24, 2.45) is 0 Å². The van der Waals surface area contributed by atoms with Crippen LogP contribution in [0.15, 0.2) is 30.3 Å². The Kier molecular flexibility index (Phi) is 2.94. The molecule has 1 aliphatic rings. The number of aryl methyl sites for hydroxylation is 2. The molecule has 0 atom stereocenters. The molecule has 2 nitrogen and oxygen atoms in total. The highest BCUT2D eigenvalue weighted by atomic mass is 16.5. The average molecular weight is 253 g/mol. The molecule has 2 aromatic rings. The van der Waals surface area contributed by atoms with Crippen LogP contribution in [0.2, 0.25) is 0 Å². The van der Waals surface area contributed by atoms with Crippen LogP contribution in [0.3, 0.4) is 0 Å². The third kappa shape index (κ3) is 1.97. The predicted molar refractivity (Wildman–Crippen MR) is 76.5 cm³/mol. The normalized spacial score (nSPS) is 13.0. The van der Waals surface area contributed by atoms with E-state index in [4.69, 9.17) is 9.47 Å². The van der Waals surface area contributed by atoms with Gasteiger partial charge in [-0.1, -0.05) is 18.2 Å². The molecule has 1 aliphatic heterocycles. The second-order valence-corrected chi connectivity index (χ2v) is 4.92. The SMILES string of the molecule is COc1cc2c(c(-c3c(C)cccc3C)c1)O[CH]C2. The molecular weight excluding hydrogens is 236 g/mol. The Hall–Kier alpha value is -1.96. The van der Waals surface area contributed by atoms with Crippen LogP contribution in [-0.2, 0) is 6.42 Å². The minimum absolute atomic E-state index is 0.838. The maximum absolute atomic E-state index is 5.71. The highest BCUT2D eigenvalue weighted by Gasteiger charge is 2.21. The fourth-order valence-electron chi connectivity index (χ4n) is 2.71. The summed E-state index contributed by atoms with van der Waals surface area (Å²) in [7, 11) is 1.70. The van der Waals surface area contributed by atoms with Crippen LogP contribution in [0.4, 0.5) is 0 Å². The number of benzene rings is 2. The second-order valence-electron chi connectivity index (χ2n) is 4.92. The fraction of sp³-hybridized carbons (Fsp3) is 0.235. The third-order valence-corrected chi connectivity index (χ3v) is 3.63. The first-order chi connectivity index (χ1) is 9.20. The molecule has 0 aliphatic carbocycles. The van der Waals surface area contributed by atoms with Crippen molar-refractivity contribution in [3.8, 4) is 22.6 Å². The number of hydrogen-bond acceptors (Lipinski definition) is 2. The van der Waals surface area contributed by atoms with Crippen molar-refractivity contribution in [1.82, 2.24) is 0 Å². The van der Waals surface area contributed by atoms with Gasteiger partial charge in [-0.25, -0.2) is 0 Å². The first-order valence-electron chi connectivity index (χ1n) is 6.46. The van der Waals surface area contributed by atoms with E-state index >= 15 is 0 Å². The first kappa shape index (κ1) is 12.1. The lowest BCUT2D eigenvalue weighted by Crippen LogP contribution is -1.93. The highest BCUT2D eigenvalue weighted by molar-refractivity contribution is 5.79. The standard InChI is InChI=1S/C17H17O2/c1-11-5-4-6-12(2)16(11)15-10-14(18-3)9-13-7-8-19-17(13)15/h4-6,8-10H,7H2,1-3H3. The van der Waals surface area contributed by atoms with Gasteiger partial charge in [0.2, 0.25) is 0 Å². The highest BCUT2D eigenvalue weighted by Crippen LogP contribution is 2.43. The van der Waals surface area contributed by atoms with Crippen molar-refractivity contribution < 1.29 is 9.47 Å². The van der Waals surface area contributed by atoms with Gasteiger partial charge in [-0.2, -0.15) is 0 Å². The molecule has 0 amide bonds. The molecule has 0 saturated carbocycles. The van der Waals surface area contributed by atoms with E-state index in [1.807, 2.05) is 6.61 Å². The minimum Gasteiger partial charge on any atom is -0.497 e. The summed E-state index contributed by atoms with van der Waals surface area (Å²) in [6.07, 6.45) is 0.838. The van der Waals surface area contributed by atoms with Gasteiger partial charge in [-0.05, 0) is 42.7 Å². The van der Waals surface area contributed by atoms with Gasteiger partial charge >= 0.3 is 0 Å². The zero-order chi connectivity index (χ0) is 13.4. The molecule has 3 rings (SSSR count). The van der Waals surface area contributed by atoms with E-state index in [1.165, 1.54) is 22.3 Å². The molecule has 97 valence electrons. The molecule has 1 radical (unpaired) electrons. The minimum atomic E-state index is 0.838. The molecule has 2 aromatic carbocycles. The zero-order valence-electron chi connectivity index (χ0n) is 11.5. The molecule has 1 heterocycles. The van der Waals surface area contributed by atoms with Crippen molar-refractivity contribution in [1.29, 1.82) is 0 Å². The predicted octanol–water partition coefficient (Wildman–Crippen LogP) is 4.08. The van der Waals surface area contributed by atoms with Crippen LogP contribution < -0.4 is 9.47 Å². The van der Waals surface area contributed by atoms with Crippen LogP contribution in [0, 0.1) is 20.5 Å². The molecule has 0 unspecified atom stereocenters. The summed E-state index contributed by atoms with van der Waals surface area (Å²) in [5, 5.41) is 0. The molecule has 0 aromatic heterocycles. The summed E-state index contributed by atoms with van der Waals surface area (Å²) < 4.78 is 11.1. The van der Waals surface area contributed by atoms with E-state index in [-0.39, 0.29) is 0 Å². The van der Waals surface area contributed by atoms with E-state index in [0.29, 0.717) is 0 Å². The van der Waals surface area contributed by atoms with Gasteiger partial charge < -0.3 is 9.47 Å². The first-order valence-corrected chi connectivity index (χ1v) is 6.46. The van der Waals surface area contributed by atoms with E-state index in [2.05, 4.69) is 44.2 Å². The van der Waals surface area contributed by atoms with Gasteiger partial charge in [-0.15, -0.1) is 0 Å². The molecule has 0 saturated heterocycles. The molecule has 2 heteroatoms. The largest absolute Gasteiger partial charge is 0.497 e. The van der Waals surface area contributed by atoms with Crippen LogP contribution >= 0.6 is 0 Å². The Balaban J connectivity index is 2.28. The van der Waals surface area contributed by atoms with Crippen molar-refractivity contribution in [2.45, 2.75) is 20.3 Å². The van der Waals surface area contributed by atoms with Crippen LogP contribution in [0.1, 0.15) is 16.7 Å². The lowest BCUT2D eigenvalue weighted by Gasteiger charge is -2.15. The van der Waals surface area contributed by atoms with Gasteiger partial charge in [0, 0.05) is 17.5 Å². The zero-order valence-corrected chi connectivity index (χ0v) is 11.5. The number of fused-ring (bicyclic) bond motifs is 1. The van der Waals surface area contributed by atoms with Crippen LogP contribution in [0.5, 0.6) is 11.5 Å². The smallest absolute Gasteiger partial charge is 0.140 e. The average Bonchev–Trinajstić information content (AvgIpc) is 2.86. The summed E-state index contributed by atoms with van der Waals surface area (Å²) in [6, 6.07) is 10.5. The van der Waals surface area contributed by atoms with Crippen molar-refractivity contribution >= 4 is 0 Å². The maximum Gasteiger partial charge on any atom is 0.140 e. The third-order valence-electron chi connectivity index (χ3n) is 3.63. The van der Waals surface area contributed by atoms with Crippen LogP contribution in [-0.4, -0.2) is 7.11 Å². The summed E-state index contributed by atoms with van der Waals surface area (Å²) in [4.78, 5) is 0. The number of hydrogen-bond donors (Lipinski definition) is 0. The van der Waals surface area contributed by atoms with Gasteiger partial charge in [-0.3, -0.25) is 0 Å². The topological polar surface area (TPSA) is 18.5 Å². The van der Waals surface area contributed by atoms with Gasteiger partial charge in [0.05, 0.1) is 7.11 Å². The summed E-state index contributed by atoms with van der Waals surface area (Å²) in [6.45, 7) is 6.11. The van der Waals surface area contributed by atoms with Crippen molar-refractivity contribution in [3.63, 3.8) is 0 Å².